The van der Waals surface area contributed by atoms with Crippen LogP contribution in [0.4, 0.5) is 0 Å². The highest BCUT2D eigenvalue weighted by Crippen LogP contribution is 2.29. The summed E-state index contributed by atoms with van der Waals surface area (Å²) in [6, 6.07) is 9.68. The second-order valence-corrected chi connectivity index (χ2v) is 6.23. The van der Waals surface area contributed by atoms with Gasteiger partial charge in [0.05, 0.1) is 5.75 Å². The largest absolute Gasteiger partial charge is 0.480 e. The number of aliphatic carboxylic acids is 1. The Morgan fingerprint density at radius 1 is 1.30 bits per heavy atom. The van der Waals surface area contributed by atoms with Gasteiger partial charge >= 0.3 is 5.97 Å². The lowest BCUT2D eigenvalue weighted by Crippen LogP contribution is -2.57. The van der Waals surface area contributed by atoms with Crippen LogP contribution in [0, 0.1) is 0 Å². The van der Waals surface area contributed by atoms with E-state index in [1.54, 1.807) is 6.92 Å². The number of rotatable bonds is 4. The number of nitrogens with zero attached hydrogens (tertiary/aromatic N) is 1. The van der Waals surface area contributed by atoms with Crippen LogP contribution in [-0.4, -0.2) is 39.7 Å². The molecule has 108 valence electrons. The molecule has 1 fully saturated rings. The highest BCUT2D eigenvalue weighted by atomic mass is 32.2. The van der Waals surface area contributed by atoms with E-state index < -0.39 is 11.5 Å². The van der Waals surface area contributed by atoms with Crippen LogP contribution in [0.15, 0.2) is 35.2 Å². The normalized spacial score (nSPS) is 22.6. The Morgan fingerprint density at radius 3 is 2.65 bits per heavy atom. The maximum atomic E-state index is 12.3. The van der Waals surface area contributed by atoms with Crippen LogP contribution in [0.1, 0.15) is 26.2 Å². The molecule has 1 aromatic rings. The van der Waals surface area contributed by atoms with Crippen LogP contribution >= 0.6 is 11.8 Å². The molecular weight excluding hydrogens is 274 g/mol. The Labute approximate surface area is 123 Å². The van der Waals surface area contributed by atoms with Crippen molar-refractivity contribution in [1.82, 2.24) is 4.90 Å². The van der Waals surface area contributed by atoms with Crippen LogP contribution in [0.5, 0.6) is 0 Å². The first-order valence-electron chi connectivity index (χ1n) is 6.76. The number of amides is 1. The number of carbonyl (C=O) groups excluding carboxylic acids is 1. The van der Waals surface area contributed by atoms with E-state index in [-0.39, 0.29) is 11.7 Å². The van der Waals surface area contributed by atoms with Gasteiger partial charge in [-0.15, -0.1) is 11.8 Å². The standard InChI is InChI=1S/C15H19NO3S/c1-15(14(18)19)9-5-6-10-16(15)13(17)11-20-12-7-3-2-4-8-12/h2-4,7-8H,5-6,9-11H2,1H3,(H,18,19). The van der Waals surface area contributed by atoms with Crippen molar-refractivity contribution in [2.45, 2.75) is 36.6 Å². The van der Waals surface area contributed by atoms with Crippen molar-refractivity contribution in [2.24, 2.45) is 0 Å². The average molecular weight is 293 g/mol. The predicted octanol–water partition coefficient (Wildman–Crippen LogP) is 2.63. The molecule has 0 aliphatic carbocycles. The summed E-state index contributed by atoms with van der Waals surface area (Å²) in [5, 5.41) is 9.40. The lowest BCUT2D eigenvalue weighted by Gasteiger charge is -2.41. The molecule has 1 aliphatic rings. The lowest BCUT2D eigenvalue weighted by molar-refractivity contribution is -0.159. The number of carbonyl (C=O) groups is 2. The first kappa shape index (κ1) is 14.9. The molecule has 1 amide bonds. The fraction of sp³-hybridized carbons (Fsp3) is 0.467. The molecule has 0 radical (unpaired) electrons. The Hall–Kier alpha value is -1.49. The van der Waals surface area contributed by atoms with E-state index in [1.165, 1.54) is 16.7 Å². The minimum atomic E-state index is -1.05. The number of carboxylic acids is 1. The van der Waals surface area contributed by atoms with E-state index in [0.717, 1.165) is 17.7 Å². The smallest absolute Gasteiger partial charge is 0.329 e. The Kier molecular flexibility index (Phi) is 4.70. The summed E-state index contributed by atoms with van der Waals surface area (Å²) in [7, 11) is 0. The van der Waals surface area contributed by atoms with Crippen LogP contribution in [-0.2, 0) is 9.59 Å². The van der Waals surface area contributed by atoms with Gasteiger partial charge in [-0.1, -0.05) is 18.2 Å². The maximum absolute atomic E-state index is 12.3. The van der Waals surface area contributed by atoms with Crippen LogP contribution < -0.4 is 0 Å². The quantitative estimate of drug-likeness (QED) is 0.867. The molecule has 0 bridgehead atoms. The molecule has 1 heterocycles. The molecule has 1 atom stereocenters. The van der Waals surface area contributed by atoms with Gasteiger partial charge in [-0.3, -0.25) is 4.79 Å². The third-order valence-electron chi connectivity index (χ3n) is 3.76. The topological polar surface area (TPSA) is 57.6 Å². The van der Waals surface area contributed by atoms with Gasteiger partial charge < -0.3 is 10.0 Å². The monoisotopic (exact) mass is 293 g/mol. The number of piperidine rings is 1. The van der Waals surface area contributed by atoms with Crippen molar-refractivity contribution in [2.75, 3.05) is 12.3 Å². The second-order valence-electron chi connectivity index (χ2n) is 5.18. The third-order valence-corrected chi connectivity index (χ3v) is 4.76. The molecule has 2 rings (SSSR count). The molecule has 1 aromatic carbocycles. The zero-order chi connectivity index (χ0) is 14.6. The highest BCUT2D eigenvalue weighted by Gasteiger charge is 2.43. The molecule has 1 N–H and O–H groups in total. The van der Waals surface area contributed by atoms with E-state index >= 15 is 0 Å². The van der Waals surface area contributed by atoms with Gasteiger partial charge in [0, 0.05) is 11.4 Å². The Balaban J connectivity index is 2.02. The van der Waals surface area contributed by atoms with Crippen molar-refractivity contribution >= 4 is 23.6 Å². The minimum Gasteiger partial charge on any atom is -0.480 e. The number of likely N-dealkylation sites (tertiary alicyclic amines) is 1. The van der Waals surface area contributed by atoms with Crippen LogP contribution in [0.2, 0.25) is 0 Å². The lowest BCUT2D eigenvalue weighted by atomic mass is 9.88. The summed E-state index contributed by atoms with van der Waals surface area (Å²) >= 11 is 1.45. The number of carboxylic acid groups (broad SMARTS) is 1. The summed E-state index contributed by atoms with van der Waals surface area (Å²) in [5.74, 6) is -0.717. The first-order chi connectivity index (χ1) is 9.54. The zero-order valence-corrected chi connectivity index (χ0v) is 12.4. The van der Waals surface area contributed by atoms with Crippen molar-refractivity contribution < 1.29 is 14.7 Å². The molecule has 1 aliphatic heterocycles. The average Bonchev–Trinajstić information content (AvgIpc) is 2.46. The summed E-state index contributed by atoms with van der Waals surface area (Å²) in [6.07, 6.45) is 2.27. The molecule has 1 saturated heterocycles. The molecule has 0 spiro atoms. The molecule has 20 heavy (non-hydrogen) atoms. The summed E-state index contributed by atoms with van der Waals surface area (Å²) in [6.45, 7) is 2.19. The van der Waals surface area contributed by atoms with E-state index in [1.807, 2.05) is 30.3 Å². The van der Waals surface area contributed by atoms with Crippen molar-refractivity contribution in [3.8, 4) is 0 Å². The summed E-state index contributed by atoms with van der Waals surface area (Å²) in [4.78, 5) is 26.4. The van der Waals surface area contributed by atoms with Gasteiger partial charge in [-0.05, 0) is 38.3 Å². The third kappa shape index (κ3) is 3.15. The van der Waals surface area contributed by atoms with Crippen molar-refractivity contribution in [3.63, 3.8) is 0 Å². The van der Waals surface area contributed by atoms with Gasteiger partial charge in [0.2, 0.25) is 5.91 Å². The Morgan fingerprint density at radius 2 is 2.00 bits per heavy atom. The molecule has 0 saturated carbocycles. The second kappa shape index (κ2) is 6.31. The highest BCUT2D eigenvalue weighted by molar-refractivity contribution is 8.00. The maximum Gasteiger partial charge on any atom is 0.329 e. The van der Waals surface area contributed by atoms with Gasteiger partial charge in [0.25, 0.3) is 0 Å². The van der Waals surface area contributed by atoms with Crippen LogP contribution in [0.3, 0.4) is 0 Å². The van der Waals surface area contributed by atoms with Crippen LogP contribution in [0.25, 0.3) is 0 Å². The molecule has 0 aromatic heterocycles. The van der Waals surface area contributed by atoms with E-state index in [0.29, 0.717) is 13.0 Å². The van der Waals surface area contributed by atoms with Gasteiger partial charge in [0.15, 0.2) is 0 Å². The number of thioether (sulfide) groups is 1. The van der Waals surface area contributed by atoms with E-state index in [9.17, 15) is 14.7 Å². The first-order valence-corrected chi connectivity index (χ1v) is 7.74. The number of hydrogen-bond donors (Lipinski definition) is 1. The van der Waals surface area contributed by atoms with E-state index in [2.05, 4.69) is 0 Å². The van der Waals surface area contributed by atoms with Gasteiger partial charge in [0.1, 0.15) is 5.54 Å². The summed E-state index contributed by atoms with van der Waals surface area (Å²) in [5.41, 5.74) is -1.05. The van der Waals surface area contributed by atoms with Crippen molar-refractivity contribution in [1.29, 1.82) is 0 Å². The SMILES string of the molecule is CC1(C(=O)O)CCCCN1C(=O)CSc1ccccc1. The minimum absolute atomic E-state index is 0.0940. The molecule has 4 nitrogen and oxygen atoms in total. The number of hydrogen-bond acceptors (Lipinski definition) is 3. The molecular formula is C15H19NO3S. The summed E-state index contributed by atoms with van der Waals surface area (Å²) < 4.78 is 0. The predicted molar refractivity (Wildman–Crippen MR) is 78.8 cm³/mol. The van der Waals surface area contributed by atoms with E-state index in [4.69, 9.17) is 0 Å². The Bertz CT molecular complexity index is 491. The fourth-order valence-corrected chi connectivity index (χ4v) is 3.28. The zero-order valence-electron chi connectivity index (χ0n) is 11.5. The number of benzene rings is 1. The molecule has 1 unspecified atom stereocenters. The fourth-order valence-electron chi connectivity index (χ4n) is 2.48. The molecule has 5 heteroatoms. The van der Waals surface area contributed by atoms with Gasteiger partial charge in [-0.25, -0.2) is 4.79 Å². The van der Waals surface area contributed by atoms with Crippen molar-refractivity contribution in [3.05, 3.63) is 30.3 Å². The van der Waals surface area contributed by atoms with Gasteiger partial charge in [-0.2, -0.15) is 0 Å².